The lowest BCUT2D eigenvalue weighted by molar-refractivity contribution is 0.00214. The van der Waals surface area contributed by atoms with Crippen LogP contribution in [0.3, 0.4) is 0 Å². The van der Waals surface area contributed by atoms with Gasteiger partial charge in [-0.1, -0.05) is 6.42 Å². The Labute approximate surface area is 119 Å². The summed E-state index contributed by atoms with van der Waals surface area (Å²) in [5.41, 5.74) is 0.661. The summed E-state index contributed by atoms with van der Waals surface area (Å²) in [6.45, 7) is 1.88. The number of nitriles is 1. The third-order valence-corrected chi connectivity index (χ3v) is 4.80. The van der Waals surface area contributed by atoms with Gasteiger partial charge >= 0.3 is 0 Å². The molecule has 2 aliphatic rings. The van der Waals surface area contributed by atoms with E-state index in [4.69, 9.17) is 4.74 Å². The predicted molar refractivity (Wildman–Crippen MR) is 75.3 cm³/mol. The Bertz CT molecular complexity index is 527. The van der Waals surface area contributed by atoms with E-state index >= 15 is 0 Å². The van der Waals surface area contributed by atoms with Gasteiger partial charge in [0, 0.05) is 38.0 Å². The summed E-state index contributed by atoms with van der Waals surface area (Å²) in [4.78, 5) is 10.7. The highest BCUT2D eigenvalue weighted by molar-refractivity contribution is 5.50. The highest BCUT2D eigenvalue weighted by Gasteiger charge is 2.46. The molecule has 1 saturated heterocycles. The molecule has 1 aromatic heterocycles. The molecule has 2 heterocycles. The maximum atomic E-state index is 9.20. The smallest absolute Gasteiger partial charge is 0.183 e. The van der Waals surface area contributed by atoms with Crippen LogP contribution in [0.2, 0.25) is 0 Å². The summed E-state index contributed by atoms with van der Waals surface area (Å²) in [7, 11) is 1.82. The minimum absolute atomic E-state index is 0.233. The Morgan fingerprint density at radius 2 is 2.15 bits per heavy atom. The van der Waals surface area contributed by atoms with Gasteiger partial charge in [0.2, 0.25) is 0 Å². The van der Waals surface area contributed by atoms with Crippen molar-refractivity contribution in [2.24, 2.45) is 5.41 Å². The molecule has 1 aliphatic heterocycles. The van der Waals surface area contributed by atoms with Crippen LogP contribution in [0.15, 0.2) is 12.4 Å². The lowest BCUT2D eigenvalue weighted by Gasteiger charge is -2.44. The van der Waals surface area contributed by atoms with Gasteiger partial charge in [-0.15, -0.1) is 0 Å². The fourth-order valence-corrected chi connectivity index (χ4v) is 3.92. The Hall–Kier alpha value is -1.67. The maximum absolute atomic E-state index is 9.20. The minimum atomic E-state index is 0.233. The summed E-state index contributed by atoms with van der Waals surface area (Å²) in [5, 5.41) is 9.20. The Balaban J connectivity index is 1.87. The van der Waals surface area contributed by atoms with Gasteiger partial charge in [-0.05, 0) is 25.7 Å². The highest BCUT2D eigenvalue weighted by atomic mass is 16.5. The largest absolute Gasteiger partial charge is 0.381 e. The van der Waals surface area contributed by atoms with E-state index < -0.39 is 0 Å². The quantitative estimate of drug-likeness (QED) is 0.825. The van der Waals surface area contributed by atoms with Gasteiger partial charge in [-0.2, -0.15) is 5.26 Å². The van der Waals surface area contributed by atoms with Crippen molar-refractivity contribution >= 4 is 5.82 Å². The van der Waals surface area contributed by atoms with Crippen molar-refractivity contribution < 1.29 is 4.74 Å². The number of ether oxygens (including phenoxy) is 1. The molecule has 5 heteroatoms. The molecule has 0 aromatic carbocycles. The lowest BCUT2D eigenvalue weighted by Crippen LogP contribution is -2.48. The molecule has 0 N–H and O–H groups in total. The first kappa shape index (κ1) is 13.3. The summed E-state index contributed by atoms with van der Waals surface area (Å²) in [5.74, 6) is 0.732. The second-order valence-corrected chi connectivity index (χ2v) is 5.84. The molecule has 0 bridgehead atoms. The normalized spacial score (nSPS) is 29.6. The van der Waals surface area contributed by atoms with Crippen LogP contribution < -0.4 is 4.90 Å². The number of anilines is 1. The van der Waals surface area contributed by atoms with Crippen LogP contribution in [-0.4, -0.2) is 36.3 Å². The average molecular weight is 272 g/mol. The molecule has 0 unspecified atom stereocenters. The molecular weight excluding hydrogens is 252 g/mol. The van der Waals surface area contributed by atoms with Crippen molar-refractivity contribution in [1.82, 2.24) is 9.97 Å². The number of aromatic nitrogens is 2. The molecule has 5 nitrogen and oxygen atoms in total. The summed E-state index contributed by atoms with van der Waals surface area (Å²) < 4.78 is 5.72. The van der Waals surface area contributed by atoms with Gasteiger partial charge < -0.3 is 9.64 Å². The Kier molecular flexibility index (Phi) is 3.58. The van der Waals surface area contributed by atoms with Crippen LogP contribution in [0.4, 0.5) is 5.82 Å². The third kappa shape index (κ3) is 2.14. The number of hydrogen-bond acceptors (Lipinski definition) is 5. The minimum Gasteiger partial charge on any atom is -0.381 e. The van der Waals surface area contributed by atoms with Crippen LogP contribution in [0.25, 0.3) is 0 Å². The standard InChI is InChI=1S/C15H20N4O/c1-20-13-4-2-5-15(13)6-3-9-19(11-15)14-12(10-16)17-7-8-18-14/h7-8,13H,2-6,9,11H2,1H3/t13-,15+/m1/s1. The van der Waals surface area contributed by atoms with Crippen molar-refractivity contribution in [1.29, 1.82) is 5.26 Å². The second kappa shape index (κ2) is 5.37. The summed E-state index contributed by atoms with van der Waals surface area (Å²) in [6, 6.07) is 2.15. The van der Waals surface area contributed by atoms with Gasteiger partial charge in [0.25, 0.3) is 0 Å². The Morgan fingerprint density at radius 1 is 1.35 bits per heavy atom. The van der Waals surface area contributed by atoms with Crippen molar-refractivity contribution in [3.8, 4) is 6.07 Å². The van der Waals surface area contributed by atoms with E-state index in [9.17, 15) is 5.26 Å². The first-order chi connectivity index (χ1) is 9.79. The molecule has 1 spiro atoms. The molecule has 20 heavy (non-hydrogen) atoms. The molecule has 2 fully saturated rings. The zero-order valence-electron chi connectivity index (χ0n) is 11.9. The molecule has 3 rings (SSSR count). The topological polar surface area (TPSA) is 62.0 Å². The number of piperidine rings is 1. The van der Waals surface area contributed by atoms with Crippen LogP contribution in [0.5, 0.6) is 0 Å². The van der Waals surface area contributed by atoms with E-state index in [-0.39, 0.29) is 5.41 Å². The molecule has 0 amide bonds. The van der Waals surface area contributed by atoms with Crippen molar-refractivity contribution in [3.63, 3.8) is 0 Å². The summed E-state index contributed by atoms with van der Waals surface area (Å²) in [6.07, 6.45) is 9.52. The number of methoxy groups -OCH3 is 1. The van der Waals surface area contributed by atoms with E-state index in [1.54, 1.807) is 12.4 Å². The van der Waals surface area contributed by atoms with Crippen LogP contribution in [-0.2, 0) is 4.74 Å². The van der Waals surface area contributed by atoms with Crippen molar-refractivity contribution in [3.05, 3.63) is 18.1 Å². The van der Waals surface area contributed by atoms with E-state index in [1.807, 2.05) is 7.11 Å². The van der Waals surface area contributed by atoms with E-state index in [0.717, 1.165) is 31.7 Å². The SMILES string of the molecule is CO[C@@H]1CCC[C@@]12CCCN(c1nccnc1C#N)C2. The number of rotatable bonds is 2. The molecule has 1 aliphatic carbocycles. The first-order valence-corrected chi connectivity index (χ1v) is 7.28. The molecule has 1 aromatic rings. The van der Waals surface area contributed by atoms with Crippen LogP contribution in [0, 0.1) is 16.7 Å². The monoisotopic (exact) mass is 272 g/mol. The van der Waals surface area contributed by atoms with E-state index in [0.29, 0.717) is 11.8 Å². The fourth-order valence-electron chi connectivity index (χ4n) is 3.92. The van der Waals surface area contributed by atoms with E-state index in [2.05, 4.69) is 20.9 Å². The highest BCUT2D eigenvalue weighted by Crippen LogP contribution is 2.47. The van der Waals surface area contributed by atoms with Gasteiger partial charge in [0.15, 0.2) is 11.5 Å². The molecule has 106 valence electrons. The lowest BCUT2D eigenvalue weighted by atomic mass is 9.76. The van der Waals surface area contributed by atoms with Gasteiger partial charge in [0.05, 0.1) is 6.10 Å². The van der Waals surface area contributed by atoms with Crippen LogP contribution in [0.1, 0.15) is 37.8 Å². The number of nitrogens with zero attached hydrogens (tertiary/aromatic N) is 4. The van der Waals surface area contributed by atoms with Crippen LogP contribution >= 0.6 is 0 Å². The molecular formula is C15H20N4O. The van der Waals surface area contributed by atoms with Crippen molar-refractivity contribution in [2.75, 3.05) is 25.1 Å². The van der Waals surface area contributed by atoms with E-state index in [1.165, 1.54) is 19.3 Å². The number of hydrogen-bond donors (Lipinski definition) is 0. The second-order valence-electron chi connectivity index (χ2n) is 5.84. The molecule has 0 radical (unpaired) electrons. The summed E-state index contributed by atoms with van der Waals surface area (Å²) >= 11 is 0. The third-order valence-electron chi connectivity index (χ3n) is 4.80. The Morgan fingerprint density at radius 3 is 2.95 bits per heavy atom. The molecule has 2 atom stereocenters. The predicted octanol–water partition coefficient (Wildman–Crippen LogP) is 2.13. The van der Waals surface area contributed by atoms with Gasteiger partial charge in [0.1, 0.15) is 6.07 Å². The zero-order valence-corrected chi connectivity index (χ0v) is 11.9. The maximum Gasteiger partial charge on any atom is 0.183 e. The fraction of sp³-hybridized carbons (Fsp3) is 0.667. The molecule has 1 saturated carbocycles. The first-order valence-electron chi connectivity index (χ1n) is 7.28. The van der Waals surface area contributed by atoms with Gasteiger partial charge in [-0.25, -0.2) is 9.97 Å². The average Bonchev–Trinajstić information content (AvgIpc) is 2.89. The van der Waals surface area contributed by atoms with Crippen molar-refractivity contribution in [2.45, 2.75) is 38.2 Å². The van der Waals surface area contributed by atoms with Gasteiger partial charge in [-0.3, -0.25) is 0 Å². The zero-order chi connectivity index (χ0) is 14.0.